The van der Waals surface area contributed by atoms with Gasteiger partial charge in [0.1, 0.15) is 0 Å². The third-order valence-electron chi connectivity index (χ3n) is 4.57. The molecule has 0 bridgehead atoms. The first-order chi connectivity index (χ1) is 14.4. The summed E-state index contributed by atoms with van der Waals surface area (Å²) in [5, 5.41) is 0. The fourth-order valence-corrected chi connectivity index (χ4v) is 12.5. The van der Waals surface area contributed by atoms with Crippen LogP contribution in [0.5, 0.6) is 0 Å². The number of hydrogen-bond acceptors (Lipinski definition) is 4. The minimum atomic E-state index is -4.94. The van der Waals surface area contributed by atoms with E-state index in [0.29, 0.717) is 0 Å². The van der Waals surface area contributed by atoms with Gasteiger partial charge in [-0.05, 0) is 0 Å². The molecular weight excluding hydrogens is 463 g/mol. The van der Waals surface area contributed by atoms with Crippen molar-refractivity contribution in [3.05, 3.63) is 121 Å². The number of halogens is 1. The Bertz CT molecular complexity index is 855. The van der Waals surface area contributed by atoms with Crippen LogP contribution in [-0.4, -0.2) is 13.6 Å². The van der Waals surface area contributed by atoms with E-state index in [-0.39, 0.29) is 0 Å². The van der Waals surface area contributed by atoms with Gasteiger partial charge < -0.3 is 0 Å². The van der Waals surface area contributed by atoms with Gasteiger partial charge in [-0.2, -0.15) is 0 Å². The zero-order chi connectivity index (χ0) is 21.5. The fraction of sp³-hybridized carbons (Fsp3) is 0. The fourth-order valence-electron chi connectivity index (χ4n) is 3.50. The molecule has 4 nitrogen and oxygen atoms in total. The zero-order valence-electron chi connectivity index (χ0n) is 16.0. The van der Waals surface area contributed by atoms with E-state index in [4.69, 9.17) is 18.6 Å². The minimum absolute atomic E-state index is 1.45. The monoisotopic (exact) mass is 482 g/mol. The summed E-state index contributed by atoms with van der Waals surface area (Å²) in [5.41, 5.74) is 0. The van der Waals surface area contributed by atoms with Crippen LogP contribution in [0.15, 0.2) is 121 Å². The standard InChI is InChI=1S/C24H20As.ClHO4/c1-5-13-21(14-6-1)25(22-15-7-2-8-16-22,23-17-9-3-10-18-23)24-19-11-4-12-20-24;2-1(3,4)5/h1-20H;(H,2,3,4,5)/q+1;/p-1. The molecule has 6 heteroatoms. The Morgan fingerprint density at radius 2 is 0.533 bits per heavy atom. The number of hydrogen-bond donors (Lipinski definition) is 0. The Labute approximate surface area is 180 Å². The summed E-state index contributed by atoms with van der Waals surface area (Å²) >= 11 is -2.77. The molecule has 4 rings (SSSR count). The van der Waals surface area contributed by atoms with Crippen LogP contribution in [0.25, 0.3) is 0 Å². The second kappa shape index (κ2) is 10.1. The molecule has 0 unspecified atom stereocenters. The molecule has 0 radical (unpaired) electrons. The Kier molecular flexibility index (Phi) is 7.46. The third-order valence-corrected chi connectivity index (χ3v) is 13.6. The molecule has 0 aliphatic heterocycles. The Balaban J connectivity index is 0.000000461. The van der Waals surface area contributed by atoms with Crippen molar-refractivity contribution >= 4 is 31.0 Å². The van der Waals surface area contributed by atoms with E-state index in [9.17, 15) is 0 Å². The summed E-state index contributed by atoms with van der Waals surface area (Å²) in [5.74, 6) is 0. The van der Waals surface area contributed by atoms with Gasteiger partial charge in [-0.1, -0.05) is 0 Å². The van der Waals surface area contributed by atoms with E-state index in [1.54, 1.807) is 0 Å². The van der Waals surface area contributed by atoms with Crippen LogP contribution in [0.1, 0.15) is 0 Å². The summed E-state index contributed by atoms with van der Waals surface area (Å²) in [4.78, 5) is 0. The molecule has 0 saturated heterocycles. The van der Waals surface area contributed by atoms with Gasteiger partial charge in [-0.25, -0.2) is 18.6 Å². The summed E-state index contributed by atoms with van der Waals surface area (Å²) in [6.07, 6.45) is 0. The van der Waals surface area contributed by atoms with Gasteiger partial charge in [-0.15, -0.1) is 10.2 Å². The predicted octanol–water partition coefficient (Wildman–Crippen LogP) is -1.69. The first-order valence-electron chi connectivity index (χ1n) is 9.15. The van der Waals surface area contributed by atoms with E-state index in [1.807, 2.05) is 0 Å². The first-order valence-corrected chi connectivity index (χ1v) is 14.1. The number of rotatable bonds is 4. The molecule has 152 valence electrons. The van der Waals surface area contributed by atoms with Gasteiger partial charge in [-0.3, -0.25) is 0 Å². The van der Waals surface area contributed by atoms with Crippen molar-refractivity contribution in [2.45, 2.75) is 0 Å². The predicted molar refractivity (Wildman–Crippen MR) is 110 cm³/mol. The normalized spacial score (nSPS) is 11.3. The molecule has 0 aliphatic rings. The molecule has 30 heavy (non-hydrogen) atoms. The summed E-state index contributed by atoms with van der Waals surface area (Å²) in [6.45, 7) is 0. The molecule has 0 aromatic heterocycles. The van der Waals surface area contributed by atoms with Crippen molar-refractivity contribution in [3.8, 4) is 0 Å². The van der Waals surface area contributed by atoms with Crippen LogP contribution in [0, 0.1) is 10.2 Å². The molecule has 0 fully saturated rings. The van der Waals surface area contributed by atoms with Crippen LogP contribution >= 0.6 is 0 Å². The van der Waals surface area contributed by atoms with E-state index in [1.165, 1.54) is 17.4 Å². The van der Waals surface area contributed by atoms with Gasteiger partial charge >= 0.3 is 152 Å². The first kappa shape index (κ1) is 22.3. The average Bonchev–Trinajstić information content (AvgIpc) is 2.76. The molecule has 0 N–H and O–H groups in total. The molecule has 4 aromatic carbocycles. The van der Waals surface area contributed by atoms with Gasteiger partial charge in [0.05, 0.1) is 0 Å². The van der Waals surface area contributed by atoms with E-state index >= 15 is 0 Å². The Morgan fingerprint density at radius 3 is 0.700 bits per heavy atom. The van der Waals surface area contributed by atoms with Crippen molar-refractivity contribution in [3.63, 3.8) is 0 Å². The van der Waals surface area contributed by atoms with Crippen LogP contribution in [0.4, 0.5) is 0 Å². The molecular formula is C24H20AsClO4. The van der Waals surface area contributed by atoms with E-state index in [0.717, 1.165) is 0 Å². The number of benzene rings is 4. The Morgan fingerprint density at radius 1 is 0.367 bits per heavy atom. The molecule has 0 heterocycles. The molecule has 0 aliphatic carbocycles. The summed E-state index contributed by atoms with van der Waals surface area (Å²) in [7, 11) is -4.94. The quantitative estimate of drug-likeness (QED) is 0.325. The Hall–Kier alpha value is -2.43. The maximum absolute atomic E-state index is 8.49. The van der Waals surface area contributed by atoms with Crippen molar-refractivity contribution < 1.29 is 28.9 Å². The van der Waals surface area contributed by atoms with Crippen LogP contribution in [-0.2, 0) is 0 Å². The second-order valence-corrected chi connectivity index (χ2v) is 14.3. The van der Waals surface area contributed by atoms with Crippen LogP contribution in [0.3, 0.4) is 0 Å². The van der Waals surface area contributed by atoms with E-state index in [2.05, 4.69) is 121 Å². The SMILES string of the molecule is [O-][Cl+3]([O-])([O-])[O-].c1ccc([As+](c2ccccc2)(c2ccccc2)c2ccccc2)cc1. The third kappa shape index (κ3) is 5.38. The van der Waals surface area contributed by atoms with Gasteiger partial charge in [0.25, 0.3) is 0 Å². The molecule has 4 aromatic rings. The van der Waals surface area contributed by atoms with Crippen LogP contribution < -0.4 is 36.0 Å². The molecule has 0 amide bonds. The molecule has 0 saturated carbocycles. The van der Waals surface area contributed by atoms with Gasteiger partial charge in [0, 0.05) is 0 Å². The van der Waals surface area contributed by atoms with Crippen molar-refractivity contribution in [1.82, 2.24) is 0 Å². The zero-order valence-corrected chi connectivity index (χ0v) is 18.6. The molecule has 0 spiro atoms. The average molecular weight is 483 g/mol. The molecule has 0 atom stereocenters. The second-order valence-electron chi connectivity index (χ2n) is 6.39. The van der Waals surface area contributed by atoms with Crippen LogP contribution in [0.2, 0.25) is 0 Å². The summed E-state index contributed by atoms with van der Waals surface area (Å²) in [6, 6.07) is 44.2. The van der Waals surface area contributed by atoms with E-state index < -0.39 is 23.8 Å². The van der Waals surface area contributed by atoms with Crippen molar-refractivity contribution in [1.29, 1.82) is 0 Å². The van der Waals surface area contributed by atoms with Crippen molar-refractivity contribution in [2.75, 3.05) is 0 Å². The van der Waals surface area contributed by atoms with Gasteiger partial charge in [0.2, 0.25) is 0 Å². The van der Waals surface area contributed by atoms with Crippen molar-refractivity contribution in [2.24, 2.45) is 0 Å². The summed E-state index contributed by atoms with van der Waals surface area (Å²) < 4.78 is 39.8. The van der Waals surface area contributed by atoms with Gasteiger partial charge in [0.15, 0.2) is 0 Å². The topological polar surface area (TPSA) is 92.2 Å². The maximum atomic E-state index is 8.49.